The summed E-state index contributed by atoms with van der Waals surface area (Å²) in [4.78, 5) is 10.9. The molecule has 0 radical (unpaired) electrons. The largest absolute Gasteiger partial charge is 0.347 e. The summed E-state index contributed by atoms with van der Waals surface area (Å²) in [5, 5.41) is 2.70. The molecule has 14 heavy (non-hydrogen) atoms. The van der Waals surface area contributed by atoms with E-state index in [0.29, 0.717) is 5.56 Å². The van der Waals surface area contributed by atoms with Crippen LogP contribution in [0.5, 0.6) is 0 Å². The van der Waals surface area contributed by atoms with Crippen molar-refractivity contribution < 1.29 is 9.18 Å². The molecule has 1 N–H and O–H groups in total. The normalized spacial score (nSPS) is 11.1. The molecule has 0 bridgehead atoms. The van der Waals surface area contributed by atoms with Gasteiger partial charge in [0.25, 0.3) is 0 Å². The minimum atomic E-state index is -0.669. The Morgan fingerprint density at radius 2 is 1.93 bits per heavy atom. The minimum Gasteiger partial charge on any atom is -0.347 e. The van der Waals surface area contributed by atoms with Gasteiger partial charge in [0.2, 0.25) is 5.91 Å². The van der Waals surface area contributed by atoms with Gasteiger partial charge in [0, 0.05) is 12.5 Å². The highest BCUT2D eigenvalue weighted by molar-refractivity contribution is 5.74. The Morgan fingerprint density at radius 3 is 2.43 bits per heavy atom. The summed E-state index contributed by atoms with van der Waals surface area (Å²) in [6.45, 7) is 4.96. The minimum absolute atomic E-state index is 0.168. The average Bonchev–Trinajstić information content (AvgIpc) is 2.02. The van der Waals surface area contributed by atoms with Gasteiger partial charge in [-0.2, -0.15) is 0 Å². The third kappa shape index (κ3) is 2.31. The molecule has 1 rings (SSSR count). The Bertz CT molecular complexity index is 347. The lowest BCUT2D eigenvalue weighted by Gasteiger charge is -2.26. The first-order valence-electron chi connectivity index (χ1n) is 4.47. The molecule has 0 saturated carbocycles. The first-order valence-corrected chi connectivity index (χ1v) is 4.47. The fourth-order valence-electron chi connectivity index (χ4n) is 1.48. The lowest BCUT2D eigenvalue weighted by molar-refractivity contribution is -0.120. The van der Waals surface area contributed by atoms with Crippen LogP contribution in [0.25, 0.3) is 0 Å². The number of nitrogens with one attached hydrogen (secondary N) is 1. The summed E-state index contributed by atoms with van der Waals surface area (Å²) in [5.74, 6) is -0.468. The van der Waals surface area contributed by atoms with Crippen molar-refractivity contribution in [2.24, 2.45) is 0 Å². The number of halogens is 1. The van der Waals surface area contributed by atoms with E-state index >= 15 is 0 Å². The van der Waals surface area contributed by atoms with Gasteiger partial charge in [0.05, 0.1) is 5.54 Å². The Morgan fingerprint density at radius 1 is 1.36 bits per heavy atom. The SMILES string of the molecule is CC(=O)NC(C)(C)c1ccccc1F. The van der Waals surface area contributed by atoms with Gasteiger partial charge in [0.1, 0.15) is 5.82 Å². The molecule has 0 aliphatic heterocycles. The van der Waals surface area contributed by atoms with Gasteiger partial charge < -0.3 is 5.32 Å². The van der Waals surface area contributed by atoms with E-state index in [4.69, 9.17) is 0 Å². The van der Waals surface area contributed by atoms with Gasteiger partial charge in [-0.1, -0.05) is 18.2 Å². The van der Waals surface area contributed by atoms with Crippen LogP contribution in [0.4, 0.5) is 4.39 Å². The molecule has 0 heterocycles. The monoisotopic (exact) mass is 195 g/mol. The lowest BCUT2D eigenvalue weighted by atomic mass is 9.94. The van der Waals surface area contributed by atoms with Crippen LogP contribution < -0.4 is 5.32 Å². The molecule has 2 nitrogen and oxygen atoms in total. The quantitative estimate of drug-likeness (QED) is 0.770. The smallest absolute Gasteiger partial charge is 0.217 e. The molecule has 1 aromatic rings. The van der Waals surface area contributed by atoms with E-state index < -0.39 is 5.54 Å². The summed E-state index contributed by atoms with van der Waals surface area (Å²) in [7, 11) is 0. The highest BCUT2D eigenvalue weighted by Gasteiger charge is 2.24. The van der Waals surface area contributed by atoms with E-state index in [1.165, 1.54) is 13.0 Å². The Labute approximate surface area is 83.1 Å². The molecule has 0 aliphatic carbocycles. The van der Waals surface area contributed by atoms with Gasteiger partial charge in [-0.05, 0) is 19.9 Å². The van der Waals surface area contributed by atoms with Gasteiger partial charge >= 0.3 is 0 Å². The van der Waals surface area contributed by atoms with Crippen molar-refractivity contribution in [1.29, 1.82) is 0 Å². The molecule has 0 fully saturated rings. The fraction of sp³-hybridized carbons (Fsp3) is 0.364. The van der Waals surface area contributed by atoms with Crippen molar-refractivity contribution in [3.63, 3.8) is 0 Å². The second-order valence-electron chi connectivity index (χ2n) is 3.79. The van der Waals surface area contributed by atoms with E-state index in [1.807, 2.05) is 0 Å². The topological polar surface area (TPSA) is 29.1 Å². The maximum absolute atomic E-state index is 13.4. The molecule has 76 valence electrons. The average molecular weight is 195 g/mol. The molecular formula is C11H14FNO. The van der Waals surface area contributed by atoms with Crippen molar-refractivity contribution in [2.45, 2.75) is 26.3 Å². The third-order valence-electron chi connectivity index (χ3n) is 2.04. The van der Waals surface area contributed by atoms with Gasteiger partial charge in [0.15, 0.2) is 0 Å². The fourth-order valence-corrected chi connectivity index (χ4v) is 1.48. The summed E-state index contributed by atoms with van der Waals surface area (Å²) < 4.78 is 13.4. The maximum Gasteiger partial charge on any atom is 0.217 e. The second-order valence-corrected chi connectivity index (χ2v) is 3.79. The van der Waals surface area contributed by atoms with Crippen molar-refractivity contribution in [3.8, 4) is 0 Å². The zero-order chi connectivity index (χ0) is 10.8. The van der Waals surface area contributed by atoms with Crippen LogP contribution in [0.1, 0.15) is 26.3 Å². The van der Waals surface area contributed by atoms with Crippen LogP contribution in [0, 0.1) is 5.82 Å². The van der Waals surface area contributed by atoms with Crippen LogP contribution in [0.3, 0.4) is 0 Å². The highest BCUT2D eigenvalue weighted by Crippen LogP contribution is 2.22. The number of carbonyl (C=O) groups excluding carboxylic acids is 1. The van der Waals surface area contributed by atoms with Gasteiger partial charge in [-0.25, -0.2) is 4.39 Å². The molecule has 0 aromatic heterocycles. The molecule has 0 spiro atoms. The van der Waals surface area contributed by atoms with Crippen molar-refractivity contribution >= 4 is 5.91 Å². The van der Waals surface area contributed by atoms with Gasteiger partial charge in [-0.3, -0.25) is 4.79 Å². The molecular weight excluding hydrogens is 181 g/mol. The number of hydrogen-bond acceptors (Lipinski definition) is 1. The lowest BCUT2D eigenvalue weighted by Crippen LogP contribution is -2.40. The number of rotatable bonds is 2. The zero-order valence-electron chi connectivity index (χ0n) is 8.60. The van der Waals surface area contributed by atoms with E-state index in [-0.39, 0.29) is 11.7 Å². The number of carbonyl (C=O) groups is 1. The van der Waals surface area contributed by atoms with Crippen molar-refractivity contribution in [3.05, 3.63) is 35.6 Å². The van der Waals surface area contributed by atoms with Crippen LogP contribution in [0.15, 0.2) is 24.3 Å². The molecule has 0 unspecified atom stereocenters. The molecule has 1 amide bonds. The van der Waals surface area contributed by atoms with Gasteiger partial charge in [-0.15, -0.1) is 0 Å². The van der Waals surface area contributed by atoms with E-state index in [0.717, 1.165) is 0 Å². The zero-order valence-corrected chi connectivity index (χ0v) is 8.60. The van der Waals surface area contributed by atoms with Crippen molar-refractivity contribution in [1.82, 2.24) is 5.32 Å². The number of benzene rings is 1. The molecule has 1 aromatic carbocycles. The second kappa shape index (κ2) is 3.78. The molecule has 0 aliphatic rings. The first kappa shape index (κ1) is 10.7. The predicted molar refractivity (Wildman–Crippen MR) is 53.2 cm³/mol. The predicted octanol–water partition coefficient (Wildman–Crippen LogP) is 2.20. The summed E-state index contributed by atoms with van der Waals surface area (Å²) in [6, 6.07) is 6.44. The Balaban J connectivity index is 3.03. The van der Waals surface area contributed by atoms with E-state index in [1.54, 1.807) is 32.0 Å². The van der Waals surface area contributed by atoms with Crippen LogP contribution in [0.2, 0.25) is 0 Å². The molecule has 3 heteroatoms. The summed E-state index contributed by atoms with van der Waals surface area (Å²) in [5.41, 5.74) is -0.174. The van der Waals surface area contributed by atoms with Crippen LogP contribution in [-0.2, 0) is 10.3 Å². The third-order valence-corrected chi connectivity index (χ3v) is 2.04. The van der Waals surface area contributed by atoms with Crippen molar-refractivity contribution in [2.75, 3.05) is 0 Å². The molecule has 0 saturated heterocycles. The Kier molecular flexibility index (Phi) is 2.89. The van der Waals surface area contributed by atoms with Crippen LogP contribution in [-0.4, -0.2) is 5.91 Å². The van der Waals surface area contributed by atoms with Crippen LogP contribution >= 0.6 is 0 Å². The standard InChI is InChI=1S/C11H14FNO/c1-8(14)13-11(2,3)9-6-4-5-7-10(9)12/h4-7H,1-3H3,(H,13,14). The molecule has 0 atom stereocenters. The highest BCUT2D eigenvalue weighted by atomic mass is 19.1. The van der Waals surface area contributed by atoms with E-state index in [2.05, 4.69) is 5.32 Å². The maximum atomic E-state index is 13.4. The summed E-state index contributed by atoms with van der Waals surface area (Å²) >= 11 is 0. The number of amides is 1. The Hall–Kier alpha value is -1.38. The summed E-state index contributed by atoms with van der Waals surface area (Å²) in [6.07, 6.45) is 0. The van der Waals surface area contributed by atoms with E-state index in [9.17, 15) is 9.18 Å². The number of hydrogen-bond donors (Lipinski definition) is 1. The first-order chi connectivity index (χ1) is 6.43.